The zero-order valence-corrected chi connectivity index (χ0v) is 16.7. The van der Waals surface area contributed by atoms with E-state index < -0.39 is 5.60 Å². The molecule has 0 N–H and O–H groups in total. The van der Waals surface area contributed by atoms with Crippen molar-refractivity contribution in [2.24, 2.45) is 0 Å². The Hall–Kier alpha value is -3.03. The van der Waals surface area contributed by atoms with Crippen LogP contribution in [-0.2, 0) is 21.7 Å². The summed E-state index contributed by atoms with van der Waals surface area (Å²) < 4.78 is 33.5. The molecule has 6 nitrogen and oxygen atoms in total. The van der Waals surface area contributed by atoms with Gasteiger partial charge in [0, 0.05) is 39.2 Å². The van der Waals surface area contributed by atoms with E-state index >= 15 is 0 Å². The fourth-order valence-electron chi connectivity index (χ4n) is 4.14. The van der Waals surface area contributed by atoms with Crippen LogP contribution >= 0.6 is 0 Å². The Bertz CT molecular complexity index is 1200. The Morgan fingerprint density at radius 3 is 2.80 bits per heavy atom. The van der Waals surface area contributed by atoms with Crippen molar-refractivity contribution >= 4 is 16.6 Å². The maximum Gasteiger partial charge on any atom is 0.161 e. The highest BCUT2D eigenvalue weighted by molar-refractivity contribution is 5.82. The van der Waals surface area contributed by atoms with Crippen LogP contribution in [0.25, 0.3) is 16.6 Å². The van der Waals surface area contributed by atoms with E-state index in [1.54, 1.807) is 13.4 Å². The molecule has 0 amide bonds. The zero-order chi connectivity index (χ0) is 20.6. The number of pyridine rings is 1. The van der Waals surface area contributed by atoms with Crippen LogP contribution in [0.15, 0.2) is 54.9 Å². The second-order valence-corrected chi connectivity index (χ2v) is 7.56. The van der Waals surface area contributed by atoms with Crippen LogP contribution in [0.4, 0.5) is 4.39 Å². The highest BCUT2D eigenvalue weighted by Crippen LogP contribution is 2.37. The van der Waals surface area contributed by atoms with Gasteiger partial charge in [-0.1, -0.05) is 6.07 Å². The summed E-state index contributed by atoms with van der Waals surface area (Å²) in [7, 11) is 1.67. The molecular weight excluding hydrogens is 385 g/mol. The van der Waals surface area contributed by atoms with E-state index in [9.17, 15) is 4.39 Å². The van der Waals surface area contributed by atoms with Crippen molar-refractivity contribution in [3.8, 4) is 5.75 Å². The number of nitrogens with zero attached hydrogens (tertiary/aromatic N) is 3. The highest BCUT2D eigenvalue weighted by Gasteiger charge is 2.35. The Morgan fingerprint density at radius 2 is 1.97 bits per heavy atom. The number of hydrogen-bond acceptors (Lipinski definition) is 5. The molecule has 0 aliphatic carbocycles. The van der Waals surface area contributed by atoms with E-state index in [-0.39, 0.29) is 5.82 Å². The molecule has 1 aliphatic heterocycles. The summed E-state index contributed by atoms with van der Waals surface area (Å²) >= 11 is 0. The average Bonchev–Trinajstić information content (AvgIpc) is 3.27. The first-order valence-electron chi connectivity index (χ1n) is 9.95. The van der Waals surface area contributed by atoms with Gasteiger partial charge < -0.3 is 14.2 Å². The van der Waals surface area contributed by atoms with Gasteiger partial charge in [-0.2, -0.15) is 0 Å². The van der Waals surface area contributed by atoms with Crippen molar-refractivity contribution in [1.82, 2.24) is 14.6 Å². The molecule has 30 heavy (non-hydrogen) atoms. The van der Waals surface area contributed by atoms with E-state index in [0.29, 0.717) is 38.4 Å². The van der Waals surface area contributed by atoms with Crippen molar-refractivity contribution in [3.63, 3.8) is 0 Å². The van der Waals surface area contributed by atoms with Gasteiger partial charge in [0.15, 0.2) is 5.65 Å². The number of rotatable bonds is 5. The number of aromatic nitrogens is 3. The average molecular weight is 407 g/mol. The molecule has 3 heterocycles. The molecule has 1 aliphatic rings. The molecule has 0 spiro atoms. The molecule has 5 rings (SSSR count). The standard InChI is InChI=1S/C23H22FN3O3/c1-28-23(6-8-29-9-7-23)18-11-19(24)13-20(12-18)30-14-16-2-4-21-17(10-16)3-5-22-26-25-15-27(21)22/h2-5,10-13,15H,6-9,14H2,1H3. The largest absolute Gasteiger partial charge is 0.489 e. The molecule has 7 heteroatoms. The third-order valence-corrected chi connectivity index (χ3v) is 5.83. The van der Waals surface area contributed by atoms with Crippen molar-refractivity contribution < 1.29 is 18.6 Å². The minimum absolute atomic E-state index is 0.334. The number of benzene rings is 2. The summed E-state index contributed by atoms with van der Waals surface area (Å²) in [5.41, 5.74) is 3.07. The summed E-state index contributed by atoms with van der Waals surface area (Å²) in [5.74, 6) is 0.154. The van der Waals surface area contributed by atoms with Gasteiger partial charge in [0.2, 0.25) is 0 Å². The lowest BCUT2D eigenvalue weighted by atomic mass is 9.86. The Morgan fingerprint density at radius 1 is 1.10 bits per heavy atom. The minimum atomic E-state index is -0.536. The lowest BCUT2D eigenvalue weighted by Gasteiger charge is -2.36. The van der Waals surface area contributed by atoms with Gasteiger partial charge in [0.1, 0.15) is 24.5 Å². The molecule has 0 atom stereocenters. The van der Waals surface area contributed by atoms with Crippen molar-refractivity contribution in [3.05, 3.63) is 71.8 Å². The molecule has 2 aromatic carbocycles. The third kappa shape index (κ3) is 3.40. The molecule has 0 radical (unpaired) electrons. The van der Waals surface area contributed by atoms with E-state index in [4.69, 9.17) is 14.2 Å². The quantitative estimate of drug-likeness (QED) is 0.495. The van der Waals surface area contributed by atoms with Gasteiger partial charge in [-0.05, 0) is 52.9 Å². The van der Waals surface area contributed by atoms with Crippen molar-refractivity contribution in [1.29, 1.82) is 0 Å². The number of methoxy groups -OCH3 is 1. The van der Waals surface area contributed by atoms with E-state index in [0.717, 1.165) is 27.7 Å². The number of fused-ring (bicyclic) bond motifs is 3. The predicted molar refractivity (Wildman–Crippen MR) is 110 cm³/mol. The summed E-state index contributed by atoms with van der Waals surface area (Å²) in [6.07, 6.45) is 3.08. The molecule has 1 saturated heterocycles. The fraction of sp³-hybridized carbons (Fsp3) is 0.304. The molecule has 0 unspecified atom stereocenters. The van der Waals surface area contributed by atoms with E-state index in [1.807, 2.05) is 34.7 Å². The zero-order valence-electron chi connectivity index (χ0n) is 16.7. The molecule has 0 bridgehead atoms. The number of hydrogen-bond donors (Lipinski definition) is 0. The van der Waals surface area contributed by atoms with Crippen LogP contribution in [0, 0.1) is 5.82 Å². The Balaban J connectivity index is 1.39. The van der Waals surface area contributed by atoms with E-state index in [2.05, 4.69) is 16.3 Å². The number of halogens is 1. The van der Waals surface area contributed by atoms with Crippen LogP contribution < -0.4 is 4.74 Å². The van der Waals surface area contributed by atoms with Crippen molar-refractivity contribution in [2.45, 2.75) is 25.0 Å². The molecule has 0 saturated carbocycles. The van der Waals surface area contributed by atoms with Crippen LogP contribution in [-0.4, -0.2) is 34.9 Å². The Labute approximate surface area is 173 Å². The summed E-state index contributed by atoms with van der Waals surface area (Å²) in [4.78, 5) is 0. The summed E-state index contributed by atoms with van der Waals surface area (Å²) in [6.45, 7) is 1.52. The molecule has 154 valence electrons. The first-order valence-corrected chi connectivity index (χ1v) is 9.95. The van der Waals surface area contributed by atoms with E-state index in [1.165, 1.54) is 12.1 Å². The summed E-state index contributed by atoms with van der Waals surface area (Å²) in [5, 5.41) is 9.08. The smallest absolute Gasteiger partial charge is 0.161 e. The van der Waals surface area contributed by atoms with Gasteiger partial charge in [0.05, 0.1) is 11.1 Å². The minimum Gasteiger partial charge on any atom is -0.489 e. The maximum atomic E-state index is 14.4. The molecular formula is C23H22FN3O3. The normalized spacial score (nSPS) is 16.2. The number of ether oxygens (including phenoxy) is 3. The second kappa shape index (κ2) is 7.66. The molecule has 1 fully saturated rings. The third-order valence-electron chi connectivity index (χ3n) is 5.83. The second-order valence-electron chi connectivity index (χ2n) is 7.56. The van der Waals surface area contributed by atoms with Gasteiger partial charge >= 0.3 is 0 Å². The fourth-order valence-corrected chi connectivity index (χ4v) is 4.14. The predicted octanol–water partition coefficient (Wildman–Crippen LogP) is 4.25. The maximum absolute atomic E-state index is 14.4. The van der Waals surface area contributed by atoms with Crippen molar-refractivity contribution in [2.75, 3.05) is 20.3 Å². The topological polar surface area (TPSA) is 57.9 Å². The van der Waals surface area contributed by atoms with Gasteiger partial charge in [-0.3, -0.25) is 4.40 Å². The summed E-state index contributed by atoms with van der Waals surface area (Å²) in [6, 6.07) is 14.8. The van der Waals surface area contributed by atoms with Gasteiger partial charge in [-0.15, -0.1) is 10.2 Å². The van der Waals surface area contributed by atoms with Gasteiger partial charge in [-0.25, -0.2) is 4.39 Å². The lowest BCUT2D eigenvalue weighted by molar-refractivity contribution is -0.0950. The first kappa shape index (κ1) is 19.0. The van der Waals surface area contributed by atoms with Gasteiger partial charge in [0.25, 0.3) is 0 Å². The first-order chi connectivity index (χ1) is 14.7. The SMILES string of the molecule is COC1(c2cc(F)cc(OCc3ccc4c(ccc5nncn54)c3)c2)CCOCC1. The molecule has 4 aromatic rings. The molecule has 2 aromatic heterocycles. The van der Waals surface area contributed by atoms with Crippen LogP contribution in [0.5, 0.6) is 5.75 Å². The Kier molecular flexibility index (Phi) is 4.84. The monoisotopic (exact) mass is 407 g/mol. The lowest BCUT2D eigenvalue weighted by Crippen LogP contribution is -2.35. The van der Waals surface area contributed by atoms with Crippen LogP contribution in [0.2, 0.25) is 0 Å². The van der Waals surface area contributed by atoms with Crippen LogP contribution in [0.3, 0.4) is 0 Å². The van der Waals surface area contributed by atoms with Crippen LogP contribution in [0.1, 0.15) is 24.0 Å². The highest BCUT2D eigenvalue weighted by atomic mass is 19.1.